The molecule has 2 aromatic rings. The third kappa shape index (κ3) is 6.19. The normalized spacial score (nSPS) is 10.9. The summed E-state index contributed by atoms with van der Waals surface area (Å²) in [5.74, 6) is 0.185. The van der Waals surface area contributed by atoms with Crippen LogP contribution in [0.15, 0.2) is 47.3 Å². The number of amides is 1. The summed E-state index contributed by atoms with van der Waals surface area (Å²) in [7, 11) is 0. The zero-order valence-electron chi connectivity index (χ0n) is 12.2. The molecule has 0 aliphatic heterocycles. The molecule has 2 rings (SSSR count). The summed E-state index contributed by atoms with van der Waals surface area (Å²) in [5, 5.41) is 13.8. The molecule has 10 heteroatoms. The second kappa shape index (κ2) is 9.67. The van der Waals surface area contributed by atoms with Crippen molar-refractivity contribution in [1.29, 1.82) is 0 Å². The van der Waals surface area contributed by atoms with Gasteiger partial charge in [-0.25, -0.2) is 5.43 Å². The number of ether oxygens (including phenoxy) is 1. The third-order valence-electron chi connectivity index (χ3n) is 2.76. The highest BCUT2D eigenvalue weighted by atomic mass is 127. The number of carbonyl (C=O) groups excluding carboxylic acids is 1. The van der Waals surface area contributed by atoms with E-state index in [1.54, 1.807) is 12.1 Å². The molecule has 25 heavy (non-hydrogen) atoms. The summed E-state index contributed by atoms with van der Waals surface area (Å²) in [4.78, 5) is 11.9. The highest BCUT2D eigenvalue weighted by molar-refractivity contribution is 14.1. The summed E-state index contributed by atoms with van der Waals surface area (Å²) >= 11 is 15.5. The molecule has 2 N–H and O–H groups in total. The van der Waals surface area contributed by atoms with Crippen LogP contribution in [0.25, 0.3) is 0 Å². The Balaban J connectivity index is 1.96. The van der Waals surface area contributed by atoms with Gasteiger partial charge in [-0.1, -0.05) is 31.9 Å². The maximum atomic E-state index is 11.9. The van der Waals surface area contributed by atoms with E-state index < -0.39 is 5.91 Å². The Labute approximate surface area is 191 Å². The molecule has 132 valence electrons. The minimum absolute atomic E-state index is 0.0979. The fraction of sp³-hybridized carbons (Fsp3) is 0.0667. The van der Waals surface area contributed by atoms with Gasteiger partial charge in [0.2, 0.25) is 0 Å². The first kappa shape index (κ1) is 21.1. The van der Waals surface area contributed by atoms with Gasteiger partial charge < -0.3 is 9.84 Å². The van der Waals surface area contributed by atoms with Crippen LogP contribution in [0.5, 0.6) is 11.5 Å². The minimum atomic E-state index is -0.429. The summed E-state index contributed by atoms with van der Waals surface area (Å²) in [6.45, 7) is -0.210. The van der Waals surface area contributed by atoms with E-state index in [-0.39, 0.29) is 12.4 Å². The zero-order chi connectivity index (χ0) is 18.6. The first-order chi connectivity index (χ1) is 11.8. The van der Waals surface area contributed by atoms with Crippen molar-refractivity contribution in [3.63, 3.8) is 0 Å². The number of halogens is 5. The summed E-state index contributed by atoms with van der Waals surface area (Å²) in [6, 6.07) is 7.09. The average molecular weight is 712 g/mol. The van der Waals surface area contributed by atoms with E-state index >= 15 is 0 Å². The fourth-order valence-corrected chi connectivity index (χ4v) is 5.73. The van der Waals surface area contributed by atoms with E-state index in [2.05, 4.69) is 74.2 Å². The fourth-order valence-electron chi connectivity index (χ4n) is 1.69. The quantitative estimate of drug-likeness (QED) is 0.242. The molecule has 0 fully saturated rings. The average Bonchev–Trinajstić information content (AvgIpc) is 2.50. The monoisotopic (exact) mass is 708 g/mol. The van der Waals surface area contributed by atoms with E-state index in [9.17, 15) is 9.90 Å². The molecule has 0 bridgehead atoms. The number of hydrogen-bond donors (Lipinski definition) is 2. The molecule has 0 atom stereocenters. The maximum absolute atomic E-state index is 11.9. The van der Waals surface area contributed by atoms with E-state index in [1.165, 1.54) is 6.21 Å². The lowest BCUT2D eigenvalue weighted by atomic mass is 10.2. The number of aromatic hydroxyl groups is 1. The van der Waals surface area contributed by atoms with Crippen LogP contribution in [0.4, 0.5) is 0 Å². The predicted molar refractivity (Wildman–Crippen MR) is 119 cm³/mol. The van der Waals surface area contributed by atoms with Crippen LogP contribution in [0, 0.1) is 3.57 Å². The number of nitrogens with zero attached hydrogens (tertiary/aromatic N) is 1. The molecule has 5 nitrogen and oxygen atoms in total. The van der Waals surface area contributed by atoms with Gasteiger partial charge in [0.1, 0.15) is 11.5 Å². The molecule has 0 saturated carbocycles. The predicted octanol–water partition coefficient (Wildman–Crippen LogP) is 5.58. The summed E-state index contributed by atoms with van der Waals surface area (Å²) < 4.78 is 9.25. The zero-order valence-corrected chi connectivity index (χ0v) is 20.7. The molecule has 0 aliphatic carbocycles. The molecule has 2 aromatic carbocycles. The number of hydrazone groups is 1. The Morgan fingerprint density at radius 1 is 1.16 bits per heavy atom. The molecule has 0 aliphatic rings. The molecule has 0 aromatic heterocycles. The van der Waals surface area contributed by atoms with Gasteiger partial charge in [-0.05, 0) is 78.7 Å². The molecular weight excluding hydrogens is 703 g/mol. The number of rotatable bonds is 5. The van der Waals surface area contributed by atoms with Crippen LogP contribution < -0.4 is 10.2 Å². The first-order valence-electron chi connectivity index (χ1n) is 6.55. The molecule has 0 unspecified atom stereocenters. The smallest absolute Gasteiger partial charge is 0.277 e. The van der Waals surface area contributed by atoms with Crippen LogP contribution in [0.3, 0.4) is 0 Å². The lowest BCUT2D eigenvalue weighted by Crippen LogP contribution is -2.24. The maximum Gasteiger partial charge on any atom is 0.277 e. The Morgan fingerprint density at radius 3 is 2.40 bits per heavy atom. The molecule has 0 heterocycles. The third-order valence-corrected chi connectivity index (χ3v) is 5.68. The van der Waals surface area contributed by atoms with E-state index in [1.807, 2.05) is 34.7 Å². The van der Waals surface area contributed by atoms with Gasteiger partial charge in [0.15, 0.2) is 6.61 Å². The van der Waals surface area contributed by atoms with E-state index in [4.69, 9.17) is 4.74 Å². The number of phenolic OH excluding ortho intramolecular Hbond substituents is 1. The summed E-state index contributed by atoms with van der Waals surface area (Å²) in [5.41, 5.74) is 2.84. The molecule has 0 saturated heterocycles. The molecule has 0 spiro atoms. The van der Waals surface area contributed by atoms with E-state index in [0.717, 1.165) is 8.95 Å². The Morgan fingerprint density at radius 2 is 1.76 bits per heavy atom. The first-order valence-corrected chi connectivity index (χ1v) is 10.8. The van der Waals surface area contributed by atoms with Crippen LogP contribution in [-0.4, -0.2) is 23.8 Å². The van der Waals surface area contributed by atoms with Gasteiger partial charge in [0.25, 0.3) is 5.91 Å². The van der Waals surface area contributed by atoms with Gasteiger partial charge in [0, 0.05) is 14.5 Å². The van der Waals surface area contributed by atoms with Crippen LogP contribution in [0.1, 0.15) is 5.56 Å². The van der Waals surface area contributed by atoms with Crippen molar-refractivity contribution in [2.75, 3.05) is 6.61 Å². The lowest BCUT2D eigenvalue weighted by Gasteiger charge is -2.10. The van der Waals surface area contributed by atoms with Crippen LogP contribution in [-0.2, 0) is 4.79 Å². The van der Waals surface area contributed by atoms with Crippen LogP contribution in [0.2, 0.25) is 0 Å². The second-order valence-corrected chi connectivity index (χ2v) is 9.31. The Kier molecular flexibility index (Phi) is 8.18. The highest BCUT2D eigenvalue weighted by Crippen LogP contribution is 2.36. The number of carbonyl (C=O) groups is 1. The number of nitrogens with one attached hydrogen (secondary N) is 1. The van der Waals surface area contributed by atoms with Gasteiger partial charge in [-0.15, -0.1) is 0 Å². The van der Waals surface area contributed by atoms with Gasteiger partial charge >= 0.3 is 0 Å². The van der Waals surface area contributed by atoms with Crippen molar-refractivity contribution in [1.82, 2.24) is 5.43 Å². The number of phenols is 1. The Hall–Kier alpha value is -0.170. The van der Waals surface area contributed by atoms with Crippen molar-refractivity contribution in [3.8, 4) is 11.5 Å². The van der Waals surface area contributed by atoms with Gasteiger partial charge in [-0.2, -0.15) is 5.10 Å². The van der Waals surface area contributed by atoms with Crippen molar-refractivity contribution in [3.05, 3.63) is 51.3 Å². The standard InChI is InChI=1S/C15H9Br4IN2O3/c16-8-1-7(14(24)12(20)4-8)5-21-22-13(23)6-25-15-10(18)2-9(17)3-11(15)19/h1-5,24H,6H2,(H,22,23)/b21-5-. The molecule has 0 radical (unpaired) electrons. The molecular formula is C15H9Br4IN2O3. The second-order valence-electron chi connectivity index (χ2n) is 4.61. The minimum Gasteiger partial charge on any atom is -0.506 e. The topological polar surface area (TPSA) is 70.9 Å². The van der Waals surface area contributed by atoms with Crippen molar-refractivity contribution in [2.45, 2.75) is 0 Å². The SMILES string of the molecule is O=C(COc1c(Br)cc(Br)cc1Br)N/N=C\c1cc(Br)cc(I)c1O. The Bertz CT molecular complexity index is 823. The number of hydrogen-bond acceptors (Lipinski definition) is 4. The van der Waals surface area contributed by atoms with Crippen LogP contribution >= 0.6 is 86.3 Å². The van der Waals surface area contributed by atoms with Crippen molar-refractivity contribution >= 4 is 98.4 Å². The van der Waals surface area contributed by atoms with Crippen molar-refractivity contribution < 1.29 is 14.6 Å². The van der Waals surface area contributed by atoms with E-state index in [0.29, 0.717) is 23.8 Å². The highest BCUT2D eigenvalue weighted by Gasteiger charge is 2.10. The summed E-state index contributed by atoms with van der Waals surface area (Å²) in [6.07, 6.45) is 1.37. The number of benzene rings is 2. The molecule has 1 amide bonds. The largest absolute Gasteiger partial charge is 0.506 e. The van der Waals surface area contributed by atoms with Gasteiger partial charge in [0.05, 0.1) is 18.7 Å². The van der Waals surface area contributed by atoms with Crippen molar-refractivity contribution in [2.24, 2.45) is 5.10 Å². The lowest BCUT2D eigenvalue weighted by molar-refractivity contribution is -0.123. The van der Waals surface area contributed by atoms with Gasteiger partial charge in [-0.3, -0.25) is 4.79 Å².